The molecule has 1 rings (SSSR count). The van der Waals surface area contributed by atoms with Crippen molar-refractivity contribution < 1.29 is 4.79 Å². The molecule has 60 valence electrons. The van der Waals surface area contributed by atoms with E-state index >= 15 is 0 Å². The summed E-state index contributed by atoms with van der Waals surface area (Å²) in [4.78, 5) is 10.8. The molecule has 0 bridgehead atoms. The molecular weight excluding hydrogens is 204 g/mol. The first-order valence-electron chi connectivity index (χ1n) is 3.71. The SMILES string of the molecule is CC(C=O)C1=CCC(Br)C=C1. The van der Waals surface area contributed by atoms with Crippen molar-refractivity contribution in [3.8, 4) is 0 Å². The molecule has 1 aliphatic carbocycles. The van der Waals surface area contributed by atoms with E-state index in [1.165, 1.54) is 0 Å². The van der Waals surface area contributed by atoms with Crippen LogP contribution in [0.4, 0.5) is 0 Å². The predicted molar refractivity (Wildman–Crippen MR) is 49.8 cm³/mol. The molecule has 0 spiro atoms. The van der Waals surface area contributed by atoms with E-state index < -0.39 is 0 Å². The molecular formula is C9H11BrO. The third-order valence-corrected chi connectivity index (χ3v) is 2.49. The molecule has 0 aliphatic heterocycles. The van der Waals surface area contributed by atoms with Crippen molar-refractivity contribution in [2.45, 2.75) is 18.2 Å². The fourth-order valence-electron chi connectivity index (χ4n) is 1.03. The molecule has 11 heavy (non-hydrogen) atoms. The van der Waals surface area contributed by atoms with Crippen molar-refractivity contribution in [3.05, 3.63) is 23.8 Å². The summed E-state index contributed by atoms with van der Waals surface area (Å²) in [5.41, 5.74) is 1.13. The highest BCUT2D eigenvalue weighted by molar-refractivity contribution is 9.09. The van der Waals surface area contributed by atoms with Crippen LogP contribution < -0.4 is 0 Å². The van der Waals surface area contributed by atoms with E-state index in [-0.39, 0.29) is 5.92 Å². The van der Waals surface area contributed by atoms with Crippen LogP contribution in [0.3, 0.4) is 0 Å². The number of carbonyl (C=O) groups excluding carboxylic acids is 1. The Hall–Kier alpha value is -0.370. The zero-order chi connectivity index (χ0) is 8.27. The van der Waals surface area contributed by atoms with Crippen LogP contribution in [0.15, 0.2) is 23.8 Å². The van der Waals surface area contributed by atoms with E-state index in [9.17, 15) is 4.79 Å². The minimum atomic E-state index is 0.0475. The lowest BCUT2D eigenvalue weighted by Gasteiger charge is -2.12. The summed E-state index contributed by atoms with van der Waals surface area (Å²) in [6, 6.07) is 0. The van der Waals surface area contributed by atoms with Crippen LogP contribution >= 0.6 is 15.9 Å². The van der Waals surface area contributed by atoms with Gasteiger partial charge in [-0.3, -0.25) is 0 Å². The standard InChI is InChI=1S/C9H11BrO/c1-7(6-11)8-2-4-9(10)5-3-8/h2-4,6-7,9H,5H2,1H3. The first-order chi connectivity index (χ1) is 5.24. The molecule has 0 radical (unpaired) electrons. The summed E-state index contributed by atoms with van der Waals surface area (Å²) < 4.78 is 0. The zero-order valence-electron chi connectivity index (χ0n) is 6.46. The smallest absolute Gasteiger partial charge is 0.127 e. The molecule has 0 aromatic rings. The summed E-state index contributed by atoms with van der Waals surface area (Å²) in [5, 5.41) is 0. The van der Waals surface area contributed by atoms with E-state index in [0.717, 1.165) is 18.3 Å². The first-order valence-corrected chi connectivity index (χ1v) is 4.63. The van der Waals surface area contributed by atoms with Crippen molar-refractivity contribution in [1.82, 2.24) is 0 Å². The molecule has 0 N–H and O–H groups in total. The van der Waals surface area contributed by atoms with Crippen molar-refractivity contribution in [2.75, 3.05) is 0 Å². The zero-order valence-corrected chi connectivity index (χ0v) is 8.04. The maximum Gasteiger partial charge on any atom is 0.127 e. The number of aldehydes is 1. The summed E-state index contributed by atoms with van der Waals surface area (Å²) in [5.74, 6) is 0.0475. The number of hydrogen-bond acceptors (Lipinski definition) is 1. The average molecular weight is 215 g/mol. The van der Waals surface area contributed by atoms with Gasteiger partial charge in [0.25, 0.3) is 0 Å². The Morgan fingerprint density at radius 3 is 3.00 bits per heavy atom. The Morgan fingerprint density at radius 1 is 1.82 bits per heavy atom. The first kappa shape index (κ1) is 8.72. The van der Waals surface area contributed by atoms with Gasteiger partial charge < -0.3 is 4.79 Å². The highest BCUT2D eigenvalue weighted by atomic mass is 79.9. The van der Waals surface area contributed by atoms with Gasteiger partial charge in [0.05, 0.1) is 0 Å². The van der Waals surface area contributed by atoms with Gasteiger partial charge in [-0.25, -0.2) is 0 Å². The van der Waals surface area contributed by atoms with Gasteiger partial charge in [0.1, 0.15) is 6.29 Å². The van der Waals surface area contributed by atoms with Crippen molar-refractivity contribution in [1.29, 1.82) is 0 Å². The minimum absolute atomic E-state index is 0.0475. The number of allylic oxidation sites excluding steroid dienone is 4. The van der Waals surface area contributed by atoms with Gasteiger partial charge in [-0.2, -0.15) is 0 Å². The maximum atomic E-state index is 10.4. The van der Waals surface area contributed by atoms with Gasteiger partial charge in [-0.15, -0.1) is 0 Å². The van der Waals surface area contributed by atoms with E-state index in [1.807, 2.05) is 13.0 Å². The maximum absolute atomic E-state index is 10.4. The fraction of sp³-hybridized carbons (Fsp3) is 0.444. The molecule has 1 nitrogen and oxygen atoms in total. The molecule has 0 saturated carbocycles. The number of rotatable bonds is 2. The summed E-state index contributed by atoms with van der Waals surface area (Å²) in [6.07, 6.45) is 8.17. The van der Waals surface area contributed by atoms with Gasteiger partial charge in [-0.1, -0.05) is 41.1 Å². The van der Waals surface area contributed by atoms with Crippen LogP contribution in [0.1, 0.15) is 13.3 Å². The van der Waals surface area contributed by atoms with E-state index in [4.69, 9.17) is 0 Å². The second-order valence-electron chi connectivity index (χ2n) is 2.74. The van der Waals surface area contributed by atoms with Gasteiger partial charge in [0, 0.05) is 10.7 Å². The van der Waals surface area contributed by atoms with Crippen LogP contribution in [-0.2, 0) is 4.79 Å². The van der Waals surface area contributed by atoms with Crippen LogP contribution in [-0.4, -0.2) is 11.1 Å². The lowest BCUT2D eigenvalue weighted by Crippen LogP contribution is -2.04. The largest absolute Gasteiger partial charge is 0.303 e. The minimum Gasteiger partial charge on any atom is -0.303 e. The van der Waals surface area contributed by atoms with Gasteiger partial charge in [-0.05, 0) is 12.0 Å². The molecule has 0 amide bonds. The van der Waals surface area contributed by atoms with Crippen LogP contribution in [0.25, 0.3) is 0 Å². The van der Waals surface area contributed by atoms with Crippen molar-refractivity contribution in [3.63, 3.8) is 0 Å². The molecule has 0 saturated heterocycles. The predicted octanol–water partition coefficient (Wildman–Crippen LogP) is 2.47. The van der Waals surface area contributed by atoms with E-state index in [2.05, 4.69) is 28.1 Å². The average Bonchev–Trinajstić information content (AvgIpc) is 2.05. The Labute approximate surface area is 75.3 Å². The molecule has 0 aromatic carbocycles. The second kappa shape index (κ2) is 3.86. The highest BCUT2D eigenvalue weighted by Crippen LogP contribution is 2.20. The molecule has 2 atom stereocenters. The van der Waals surface area contributed by atoms with Gasteiger partial charge >= 0.3 is 0 Å². The van der Waals surface area contributed by atoms with Gasteiger partial charge in [0.15, 0.2) is 0 Å². The number of halogens is 1. The Balaban J connectivity index is 2.62. The monoisotopic (exact) mass is 214 g/mol. The van der Waals surface area contributed by atoms with E-state index in [0.29, 0.717) is 4.83 Å². The number of hydrogen-bond donors (Lipinski definition) is 0. The Morgan fingerprint density at radius 2 is 2.55 bits per heavy atom. The molecule has 2 unspecified atom stereocenters. The third kappa shape index (κ3) is 2.29. The quantitative estimate of drug-likeness (QED) is 0.510. The number of alkyl halides is 1. The molecule has 2 heteroatoms. The fourth-order valence-corrected chi connectivity index (χ4v) is 1.37. The van der Waals surface area contributed by atoms with Crippen molar-refractivity contribution >= 4 is 22.2 Å². The summed E-state index contributed by atoms with van der Waals surface area (Å²) >= 11 is 3.47. The van der Waals surface area contributed by atoms with Gasteiger partial charge in [0.2, 0.25) is 0 Å². The molecule has 0 heterocycles. The second-order valence-corrected chi connectivity index (χ2v) is 3.92. The third-order valence-electron chi connectivity index (χ3n) is 1.81. The molecule has 1 aliphatic rings. The normalized spacial score (nSPS) is 26.0. The topological polar surface area (TPSA) is 17.1 Å². The lowest BCUT2D eigenvalue weighted by atomic mass is 9.97. The van der Waals surface area contributed by atoms with Crippen LogP contribution in [0.5, 0.6) is 0 Å². The van der Waals surface area contributed by atoms with Crippen LogP contribution in [0, 0.1) is 5.92 Å². The summed E-state index contributed by atoms with van der Waals surface area (Å²) in [6.45, 7) is 1.91. The lowest BCUT2D eigenvalue weighted by molar-refractivity contribution is -0.109. The van der Waals surface area contributed by atoms with Crippen molar-refractivity contribution in [2.24, 2.45) is 5.92 Å². The molecule has 0 aromatic heterocycles. The summed E-state index contributed by atoms with van der Waals surface area (Å²) in [7, 11) is 0. The molecule has 0 fully saturated rings. The number of carbonyl (C=O) groups is 1. The Kier molecular flexibility index (Phi) is 3.06. The van der Waals surface area contributed by atoms with Crippen LogP contribution in [0.2, 0.25) is 0 Å². The highest BCUT2D eigenvalue weighted by Gasteiger charge is 2.09. The Bertz CT molecular complexity index is 206. The van der Waals surface area contributed by atoms with E-state index in [1.54, 1.807) is 0 Å².